The van der Waals surface area contributed by atoms with Gasteiger partial charge in [0.15, 0.2) is 0 Å². The van der Waals surface area contributed by atoms with Gasteiger partial charge in [-0.15, -0.1) is 37.2 Å². The van der Waals surface area contributed by atoms with Crippen LogP contribution in [0, 0.1) is 0 Å². The molecule has 8 heavy (non-hydrogen) atoms. The predicted molar refractivity (Wildman–Crippen MR) is 41.5 cm³/mol. The molecule has 0 heterocycles. The molecule has 0 saturated heterocycles. The molecule has 0 amide bonds. The number of halogens is 3. The fourth-order valence-corrected chi connectivity index (χ4v) is 1.45. The quantitative estimate of drug-likeness (QED) is 0.675. The Kier molecular flexibility index (Phi) is 65.8. The standard InChI is InChI=1S/C4H9.3ClH.Hf/c1-3-4-2;;;;/h1,3-4H2,2H3;3*1H;. The van der Waals surface area contributed by atoms with Crippen LogP contribution in [0.3, 0.4) is 0 Å². The Balaban J connectivity index is -0.0000000267. The van der Waals surface area contributed by atoms with Gasteiger partial charge in [0.1, 0.15) is 0 Å². The first-order valence-corrected chi connectivity index (χ1v) is 4.60. The molecule has 0 spiro atoms. The molecule has 0 aliphatic carbocycles. The molecule has 0 fully saturated rings. The number of rotatable bonds is 2. The number of hydrogen-bond donors (Lipinski definition) is 0. The van der Waals surface area contributed by atoms with Gasteiger partial charge in [-0.25, -0.2) is 0 Å². The van der Waals surface area contributed by atoms with Gasteiger partial charge in [0.25, 0.3) is 0 Å². The van der Waals surface area contributed by atoms with Crippen molar-refractivity contribution in [3.8, 4) is 0 Å². The zero-order valence-corrected chi connectivity index (χ0v) is 10.9. The SMILES string of the molecule is CCC[CH2][Hf].Cl.Cl.Cl. The zero-order valence-electron chi connectivity index (χ0n) is 4.85. The van der Waals surface area contributed by atoms with E-state index in [-0.39, 0.29) is 37.2 Å². The third-order valence-electron chi connectivity index (χ3n) is 0.530. The topological polar surface area (TPSA) is 0 Å². The minimum absolute atomic E-state index is 0. The smallest absolute Gasteiger partial charge is 0.147 e. The number of hydrogen-bond acceptors (Lipinski definition) is 0. The molecule has 0 N–H and O–H groups in total. The molecule has 53 valence electrons. The first-order chi connectivity index (χ1) is 2.41. The second-order valence-corrected chi connectivity index (χ2v) is 2.90. The fraction of sp³-hybridized carbons (Fsp3) is 1.00. The normalized spacial score (nSPS) is 5.00. The van der Waals surface area contributed by atoms with Crippen LogP contribution in [0.1, 0.15) is 19.8 Å². The van der Waals surface area contributed by atoms with E-state index in [1.165, 1.54) is 41.4 Å². The summed E-state index contributed by atoms with van der Waals surface area (Å²) in [5.74, 6) is 0. The average molecular weight is 345 g/mol. The molecule has 0 aliphatic rings. The van der Waals surface area contributed by atoms with Crippen molar-refractivity contribution in [1.82, 2.24) is 0 Å². The third kappa shape index (κ3) is 25.1. The van der Waals surface area contributed by atoms with Gasteiger partial charge in [-0.2, -0.15) is 0 Å². The van der Waals surface area contributed by atoms with E-state index in [1.54, 1.807) is 0 Å². The molecule has 0 nitrogen and oxygen atoms in total. The summed E-state index contributed by atoms with van der Waals surface area (Å²) in [5.41, 5.74) is 0. The summed E-state index contributed by atoms with van der Waals surface area (Å²) in [4.78, 5) is 0. The summed E-state index contributed by atoms with van der Waals surface area (Å²) >= 11 is 1.40. The van der Waals surface area contributed by atoms with Crippen LogP contribution in [-0.2, 0) is 24.4 Å². The maximum absolute atomic E-state index is 2.23. The minimum atomic E-state index is 0. The van der Waals surface area contributed by atoms with Gasteiger partial charge < -0.3 is 0 Å². The largest absolute Gasteiger partial charge is 0.147 e. The van der Waals surface area contributed by atoms with Crippen LogP contribution >= 0.6 is 37.2 Å². The van der Waals surface area contributed by atoms with Crippen molar-refractivity contribution in [3.05, 3.63) is 0 Å². The van der Waals surface area contributed by atoms with Crippen molar-refractivity contribution in [2.45, 2.75) is 23.9 Å². The van der Waals surface area contributed by atoms with Crippen molar-refractivity contribution >= 4 is 37.2 Å². The zero-order chi connectivity index (χ0) is 4.12. The molecule has 0 rings (SSSR count). The summed E-state index contributed by atoms with van der Waals surface area (Å²) in [6.45, 7) is 2.23. The van der Waals surface area contributed by atoms with E-state index in [1.807, 2.05) is 0 Å². The molecule has 0 saturated carbocycles. The Morgan fingerprint density at radius 2 is 1.50 bits per heavy atom. The summed E-state index contributed by atoms with van der Waals surface area (Å²) in [6.07, 6.45) is 2.83. The molecule has 0 unspecified atom stereocenters. The van der Waals surface area contributed by atoms with Gasteiger partial charge in [-0.05, 0) is 0 Å². The Morgan fingerprint density at radius 1 is 1.12 bits per heavy atom. The molecule has 0 aliphatic heterocycles. The molecule has 0 aromatic rings. The first-order valence-electron chi connectivity index (χ1n) is 2.06. The monoisotopic (exact) mass is 345 g/mol. The summed E-state index contributed by atoms with van der Waals surface area (Å²) in [7, 11) is 0. The Hall–Kier alpha value is 1.74. The van der Waals surface area contributed by atoms with E-state index in [2.05, 4.69) is 6.92 Å². The molecule has 0 bridgehead atoms. The van der Waals surface area contributed by atoms with Crippen LogP contribution in [0.25, 0.3) is 0 Å². The van der Waals surface area contributed by atoms with Gasteiger partial charge in [-0.3, -0.25) is 0 Å². The fourth-order valence-electron chi connectivity index (χ4n) is 0.177. The molecule has 4 heteroatoms. The van der Waals surface area contributed by atoms with Crippen molar-refractivity contribution in [2.24, 2.45) is 0 Å². The maximum Gasteiger partial charge on any atom is -0.147 e. The van der Waals surface area contributed by atoms with Crippen LogP contribution in [0.5, 0.6) is 0 Å². The second-order valence-electron chi connectivity index (χ2n) is 1.10. The Morgan fingerprint density at radius 3 is 1.50 bits per heavy atom. The van der Waals surface area contributed by atoms with Crippen LogP contribution in [0.2, 0.25) is 4.18 Å². The van der Waals surface area contributed by atoms with E-state index in [9.17, 15) is 0 Å². The van der Waals surface area contributed by atoms with Gasteiger partial charge in [0.2, 0.25) is 0 Å². The third-order valence-corrected chi connectivity index (χ3v) is 1.80. The van der Waals surface area contributed by atoms with Crippen molar-refractivity contribution in [1.29, 1.82) is 0 Å². The minimum Gasteiger partial charge on any atom is -0.147 e. The van der Waals surface area contributed by atoms with Gasteiger partial charge >= 0.3 is 48.3 Å². The van der Waals surface area contributed by atoms with E-state index in [0.29, 0.717) is 0 Å². The van der Waals surface area contributed by atoms with Crippen LogP contribution < -0.4 is 0 Å². The predicted octanol–water partition coefficient (Wildman–Crippen LogP) is 3.02. The summed E-state index contributed by atoms with van der Waals surface area (Å²) in [6, 6.07) is 0. The van der Waals surface area contributed by atoms with Crippen molar-refractivity contribution in [3.63, 3.8) is 0 Å². The van der Waals surface area contributed by atoms with Crippen LogP contribution in [-0.4, -0.2) is 0 Å². The van der Waals surface area contributed by atoms with E-state index >= 15 is 0 Å². The Bertz CT molecular complexity index is 18.8. The van der Waals surface area contributed by atoms with Crippen molar-refractivity contribution < 1.29 is 24.4 Å². The summed E-state index contributed by atoms with van der Waals surface area (Å²) < 4.78 is 1.48. The van der Waals surface area contributed by atoms with Gasteiger partial charge in [-0.1, -0.05) is 0 Å². The summed E-state index contributed by atoms with van der Waals surface area (Å²) in [5, 5.41) is 0. The molecular formula is C4H12Cl3Hf. The maximum atomic E-state index is 2.23. The van der Waals surface area contributed by atoms with Crippen LogP contribution in [0.15, 0.2) is 0 Å². The second kappa shape index (κ2) is 23.3. The molecular weight excluding hydrogens is 333 g/mol. The number of unbranched alkanes of at least 4 members (excludes halogenated alkanes) is 1. The first kappa shape index (κ1) is 22.6. The Labute approximate surface area is 85.0 Å². The molecule has 0 atom stereocenters. The molecule has 0 aromatic heterocycles. The van der Waals surface area contributed by atoms with E-state index in [0.717, 1.165) is 0 Å². The molecule has 0 aromatic carbocycles. The van der Waals surface area contributed by atoms with Gasteiger partial charge in [0.05, 0.1) is 0 Å². The van der Waals surface area contributed by atoms with Crippen LogP contribution in [0.4, 0.5) is 0 Å². The average Bonchev–Trinajstić information content (AvgIpc) is 1.41. The molecule has 0 radical (unpaired) electrons. The van der Waals surface area contributed by atoms with E-state index in [4.69, 9.17) is 0 Å². The van der Waals surface area contributed by atoms with Crippen molar-refractivity contribution in [2.75, 3.05) is 0 Å². The van der Waals surface area contributed by atoms with E-state index < -0.39 is 0 Å². The van der Waals surface area contributed by atoms with Gasteiger partial charge in [0, 0.05) is 0 Å².